The molecule has 2 aromatic rings. The second-order valence-electron chi connectivity index (χ2n) is 5.40. The second-order valence-corrected chi connectivity index (χ2v) is 6.75. The molecule has 0 aliphatic rings. The summed E-state index contributed by atoms with van der Waals surface area (Å²) in [5.41, 5.74) is 3.90. The summed E-state index contributed by atoms with van der Waals surface area (Å²) < 4.78 is 0. The zero-order chi connectivity index (χ0) is 17.0. The number of rotatable bonds is 5. The highest BCUT2D eigenvalue weighted by Gasteiger charge is 2.13. The molecule has 1 aromatic carbocycles. The molecular formula is C17H20ClN3OS. The number of hydrogen-bond donors (Lipinski definition) is 1. The van der Waals surface area contributed by atoms with E-state index < -0.39 is 0 Å². The van der Waals surface area contributed by atoms with Crippen LogP contribution in [0.1, 0.15) is 35.5 Å². The van der Waals surface area contributed by atoms with Crippen LogP contribution in [0.5, 0.6) is 0 Å². The van der Waals surface area contributed by atoms with Crippen molar-refractivity contribution in [1.82, 2.24) is 15.3 Å². The lowest BCUT2D eigenvalue weighted by atomic mass is 10.1. The molecule has 23 heavy (non-hydrogen) atoms. The van der Waals surface area contributed by atoms with Gasteiger partial charge in [0, 0.05) is 16.4 Å². The Labute approximate surface area is 146 Å². The number of halogens is 1. The Morgan fingerprint density at radius 1 is 1.22 bits per heavy atom. The van der Waals surface area contributed by atoms with Crippen LogP contribution >= 0.6 is 23.4 Å². The molecule has 0 saturated heterocycles. The molecule has 0 aliphatic heterocycles. The summed E-state index contributed by atoms with van der Waals surface area (Å²) >= 11 is 7.49. The molecule has 1 amide bonds. The van der Waals surface area contributed by atoms with Crippen molar-refractivity contribution in [2.75, 3.05) is 5.75 Å². The zero-order valence-electron chi connectivity index (χ0n) is 13.7. The zero-order valence-corrected chi connectivity index (χ0v) is 15.3. The molecule has 6 heteroatoms. The first kappa shape index (κ1) is 17.8. The first-order valence-corrected chi connectivity index (χ1v) is 8.73. The van der Waals surface area contributed by atoms with Crippen molar-refractivity contribution in [3.05, 3.63) is 51.8 Å². The summed E-state index contributed by atoms with van der Waals surface area (Å²) in [6, 6.07) is 7.37. The average molecular weight is 350 g/mol. The van der Waals surface area contributed by atoms with E-state index in [1.54, 1.807) is 0 Å². The molecule has 0 bridgehead atoms. The van der Waals surface area contributed by atoms with E-state index in [-0.39, 0.29) is 17.7 Å². The number of amides is 1. The third-order valence-electron chi connectivity index (χ3n) is 3.69. The smallest absolute Gasteiger partial charge is 0.230 e. The van der Waals surface area contributed by atoms with Crippen LogP contribution in [0.15, 0.2) is 29.4 Å². The van der Waals surface area contributed by atoms with Crippen LogP contribution in [0.3, 0.4) is 0 Å². The van der Waals surface area contributed by atoms with Crippen molar-refractivity contribution in [3.8, 4) is 0 Å². The van der Waals surface area contributed by atoms with Gasteiger partial charge in [-0.05, 0) is 44.9 Å². The number of benzene rings is 1. The molecule has 1 atom stereocenters. The summed E-state index contributed by atoms with van der Waals surface area (Å²) in [5, 5.41) is 4.23. The van der Waals surface area contributed by atoms with Gasteiger partial charge in [-0.2, -0.15) is 0 Å². The van der Waals surface area contributed by atoms with E-state index in [0.29, 0.717) is 10.2 Å². The molecule has 0 spiro atoms. The fraction of sp³-hybridized carbons (Fsp3) is 0.353. The van der Waals surface area contributed by atoms with Gasteiger partial charge in [0.1, 0.15) is 0 Å². The molecular weight excluding hydrogens is 330 g/mol. The second kappa shape index (κ2) is 7.79. The number of thioether (sulfide) groups is 1. The molecule has 0 unspecified atom stereocenters. The number of nitrogens with one attached hydrogen (secondary N) is 1. The van der Waals surface area contributed by atoms with Crippen LogP contribution in [0, 0.1) is 20.8 Å². The van der Waals surface area contributed by atoms with Gasteiger partial charge in [-0.15, -0.1) is 0 Å². The summed E-state index contributed by atoms with van der Waals surface area (Å²) in [7, 11) is 0. The van der Waals surface area contributed by atoms with Crippen LogP contribution in [0.4, 0.5) is 0 Å². The van der Waals surface area contributed by atoms with E-state index in [1.807, 2.05) is 52.0 Å². The highest BCUT2D eigenvalue weighted by molar-refractivity contribution is 7.99. The van der Waals surface area contributed by atoms with Crippen LogP contribution in [-0.4, -0.2) is 21.6 Å². The molecule has 1 N–H and O–H groups in total. The predicted molar refractivity (Wildman–Crippen MR) is 95.0 cm³/mol. The van der Waals surface area contributed by atoms with E-state index in [4.69, 9.17) is 11.6 Å². The SMILES string of the molecule is Cc1nc(SCC(=O)N[C@@H](C)c2ccccc2Cl)nc(C)c1C. The lowest BCUT2D eigenvalue weighted by Gasteiger charge is -2.15. The normalized spacial score (nSPS) is 12.0. The lowest BCUT2D eigenvalue weighted by Crippen LogP contribution is -2.28. The maximum atomic E-state index is 12.1. The standard InChI is InChI=1S/C17H20ClN3OS/c1-10-11(2)20-17(21-12(10)3)23-9-16(22)19-13(4)14-7-5-6-8-15(14)18/h5-8,13H,9H2,1-4H3,(H,19,22)/t13-/m0/s1. The molecule has 122 valence electrons. The van der Waals surface area contributed by atoms with Crippen LogP contribution < -0.4 is 5.32 Å². The van der Waals surface area contributed by atoms with Crippen molar-refractivity contribution in [1.29, 1.82) is 0 Å². The fourth-order valence-corrected chi connectivity index (χ4v) is 3.17. The Hall–Kier alpha value is -1.59. The van der Waals surface area contributed by atoms with E-state index in [2.05, 4.69) is 15.3 Å². The molecule has 0 fully saturated rings. The molecule has 1 heterocycles. The Balaban J connectivity index is 1.94. The van der Waals surface area contributed by atoms with Gasteiger partial charge in [-0.1, -0.05) is 41.6 Å². The minimum absolute atomic E-state index is 0.0677. The van der Waals surface area contributed by atoms with Gasteiger partial charge < -0.3 is 5.32 Å². The number of nitrogens with zero attached hydrogens (tertiary/aromatic N) is 2. The average Bonchev–Trinajstić information content (AvgIpc) is 2.50. The van der Waals surface area contributed by atoms with E-state index >= 15 is 0 Å². The fourth-order valence-electron chi connectivity index (χ4n) is 2.12. The molecule has 1 aromatic heterocycles. The largest absolute Gasteiger partial charge is 0.349 e. The van der Waals surface area contributed by atoms with Crippen molar-refractivity contribution < 1.29 is 4.79 Å². The summed E-state index contributed by atoms with van der Waals surface area (Å²) in [5.74, 6) is 0.207. The van der Waals surface area contributed by atoms with E-state index in [1.165, 1.54) is 11.8 Å². The number of carbonyl (C=O) groups is 1. The van der Waals surface area contributed by atoms with Gasteiger partial charge >= 0.3 is 0 Å². The van der Waals surface area contributed by atoms with Crippen LogP contribution in [-0.2, 0) is 4.79 Å². The summed E-state index contributed by atoms with van der Waals surface area (Å²) in [4.78, 5) is 20.9. The van der Waals surface area contributed by atoms with Gasteiger partial charge in [0.2, 0.25) is 5.91 Å². The number of aryl methyl sites for hydroxylation is 2. The van der Waals surface area contributed by atoms with Crippen molar-refractivity contribution in [2.24, 2.45) is 0 Å². The summed E-state index contributed by atoms with van der Waals surface area (Å²) in [6.07, 6.45) is 0. The number of carbonyl (C=O) groups excluding carboxylic acids is 1. The number of hydrogen-bond acceptors (Lipinski definition) is 4. The molecule has 0 saturated carbocycles. The van der Waals surface area contributed by atoms with Gasteiger partial charge in [-0.3, -0.25) is 4.79 Å². The topological polar surface area (TPSA) is 54.9 Å². The highest BCUT2D eigenvalue weighted by atomic mass is 35.5. The quantitative estimate of drug-likeness (QED) is 0.654. The molecule has 2 rings (SSSR count). The summed E-state index contributed by atoms with van der Waals surface area (Å²) in [6.45, 7) is 7.82. The Bertz CT molecular complexity index is 698. The Morgan fingerprint density at radius 3 is 2.43 bits per heavy atom. The van der Waals surface area contributed by atoms with Crippen molar-refractivity contribution >= 4 is 29.3 Å². The number of aromatic nitrogens is 2. The first-order valence-electron chi connectivity index (χ1n) is 7.37. The third kappa shape index (κ3) is 4.69. The minimum Gasteiger partial charge on any atom is -0.349 e. The molecule has 0 radical (unpaired) electrons. The predicted octanol–water partition coefficient (Wildman–Crippen LogP) is 4.02. The maximum absolute atomic E-state index is 12.1. The Morgan fingerprint density at radius 2 is 1.83 bits per heavy atom. The van der Waals surface area contributed by atoms with Gasteiger partial charge in [-0.25, -0.2) is 9.97 Å². The van der Waals surface area contributed by atoms with E-state index in [9.17, 15) is 4.79 Å². The van der Waals surface area contributed by atoms with Gasteiger partial charge in [0.25, 0.3) is 0 Å². The first-order chi connectivity index (χ1) is 10.9. The van der Waals surface area contributed by atoms with Crippen molar-refractivity contribution in [2.45, 2.75) is 38.9 Å². The Kier molecular flexibility index (Phi) is 6.02. The van der Waals surface area contributed by atoms with Crippen LogP contribution in [0.25, 0.3) is 0 Å². The van der Waals surface area contributed by atoms with Crippen molar-refractivity contribution in [3.63, 3.8) is 0 Å². The van der Waals surface area contributed by atoms with Gasteiger partial charge in [0.15, 0.2) is 5.16 Å². The van der Waals surface area contributed by atoms with Gasteiger partial charge in [0.05, 0.1) is 11.8 Å². The third-order valence-corrected chi connectivity index (χ3v) is 4.89. The minimum atomic E-state index is -0.140. The van der Waals surface area contributed by atoms with E-state index in [0.717, 1.165) is 22.5 Å². The van der Waals surface area contributed by atoms with Crippen LogP contribution in [0.2, 0.25) is 5.02 Å². The monoisotopic (exact) mass is 349 g/mol. The molecule has 4 nitrogen and oxygen atoms in total. The highest BCUT2D eigenvalue weighted by Crippen LogP contribution is 2.22. The molecule has 0 aliphatic carbocycles. The lowest BCUT2D eigenvalue weighted by molar-refractivity contribution is -0.119. The maximum Gasteiger partial charge on any atom is 0.230 e.